The van der Waals surface area contributed by atoms with Crippen LogP contribution in [0.15, 0.2) is 78.0 Å². The maximum atomic E-state index is 12.7. The Kier molecular flexibility index (Phi) is 6.95. The average molecular weight is 461 g/mol. The fraction of sp³-hybridized carbons (Fsp3) is 0.160. The van der Waals surface area contributed by atoms with Gasteiger partial charge in [0.1, 0.15) is 11.5 Å². The van der Waals surface area contributed by atoms with Crippen molar-refractivity contribution in [3.8, 4) is 28.6 Å². The van der Waals surface area contributed by atoms with Crippen molar-refractivity contribution in [2.24, 2.45) is 0 Å². The normalized spacial score (nSPS) is 10.6. The Morgan fingerprint density at radius 1 is 0.970 bits per heavy atom. The minimum absolute atomic E-state index is 0.158. The van der Waals surface area contributed by atoms with E-state index in [9.17, 15) is 4.79 Å². The lowest BCUT2D eigenvalue weighted by Gasteiger charge is -2.12. The van der Waals surface area contributed by atoms with Crippen LogP contribution in [0.3, 0.4) is 0 Å². The lowest BCUT2D eigenvalue weighted by molar-refractivity contribution is -0.113. The van der Waals surface area contributed by atoms with Crippen LogP contribution in [0.5, 0.6) is 11.5 Å². The molecule has 1 aromatic heterocycles. The molecular weight excluding hydrogens is 436 g/mol. The Morgan fingerprint density at radius 2 is 1.79 bits per heavy atom. The minimum Gasteiger partial charge on any atom is -0.497 e. The standard InChI is InChI=1S/C25H24N4O3S/c1-17-12-13-22(32-3)21(14-17)26-23(30)16-33-25-28-27-24(18-8-7-11-20(15-18)31-2)29(25)19-9-5-4-6-10-19/h4-15H,16H2,1-3H3,(H,26,30). The van der Waals surface area contributed by atoms with E-state index in [1.165, 1.54) is 11.8 Å². The second kappa shape index (κ2) is 10.2. The summed E-state index contributed by atoms with van der Waals surface area (Å²) in [5, 5.41) is 12.3. The number of rotatable bonds is 8. The third-order valence-electron chi connectivity index (χ3n) is 4.94. The Balaban J connectivity index is 1.60. The number of amides is 1. The van der Waals surface area contributed by atoms with E-state index in [1.54, 1.807) is 14.2 Å². The average Bonchev–Trinajstić information content (AvgIpc) is 3.27. The predicted molar refractivity (Wildman–Crippen MR) is 130 cm³/mol. The van der Waals surface area contributed by atoms with E-state index < -0.39 is 0 Å². The zero-order valence-electron chi connectivity index (χ0n) is 18.6. The summed E-state index contributed by atoms with van der Waals surface area (Å²) in [4.78, 5) is 12.7. The number of hydrogen-bond acceptors (Lipinski definition) is 6. The number of carbonyl (C=O) groups is 1. The number of methoxy groups -OCH3 is 2. The van der Waals surface area contributed by atoms with Gasteiger partial charge in [-0.25, -0.2) is 0 Å². The number of nitrogens with one attached hydrogen (secondary N) is 1. The highest BCUT2D eigenvalue weighted by molar-refractivity contribution is 7.99. The van der Waals surface area contributed by atoms with Crippen LogP contribution >= 0.6 is 11.8 Å². The number of para-hydroxylation sites is 1. The van der Waals surface area contributed by atoms with Gasteiger partial charge in [0.2, 0.25) is 5.91 Å². The first-order valence-electron chi connectivity index (χ1n) is 10.3. The molecule has 0 saturated carbocycles. The largest absolute Gasteiger partial charge is 0.497 e. The van der Waals surface area contributed by atoms with Gasteiger partial charge in [0, 0.05) is 11.3 Å². The highest BCUT2D eigenvalue weighted by Crippen LogP contribution is 2.30. The predicted octanol–water partition coefficient (Wildman–Crippen LogP) is 4.99. The Labute approximate surface area is 196 Å². The van der Waals surface area contributed by atoms with Crippen molar-refractivity contribution in [3.05, 3.63) is 78.4 Å². The van der Waals surface area contributed by atoms with Crippen molar-refractivity contribution < 1.29 is 14.3 Å². The molecule has 4 rings (SSSR count). The van der Waals surface area contributed by atoms with Crippen LogP contribution in [0, 0.1) is 6.92 Å². The van der Waals surface area contributed by atoms with Gasteiger partial charge in [0.15, 0.2) is 11.0 Å². The second-order valence-corrected chi connectivity index (χ2v) is 8.19. The molecule has 1 N–H and O–H groups in total. The van der Waals surface area contributed by atoms with Crippen LogP contribution in [0.4, 0.5) is 5.69 Å². The first-order chi connectivity index (χ1) is 16.1. The van der Waals surface area contributed by atoms with Crippen LogP contribution in [0.25, 0.3) is 17.1 Å². The van der Waals surface area contributed by atoms with Gasteiger partial charge in [-0.05, 0) is 48.9 Å². The maximum absolute atomic E-state index is 12.7. The zero-order valence-corrected chi connectivity index (χ0v) is 19.4. The second-order valence-electron chi connectivity index (χ2n) is 7.25. The smallest absolute Gasteiger partial charge is 0.234 e. The maximum Gasteiger partial charge on any atom is 0.234 e. The summed E-state index contributed by atoms with van der Waals surface area (Å²) < 4.78 is 12.7. The van der Waals surface area contributed by atoms with Crippen molar-refractivity contribution in [2.75, 3.05) is 25.3 Å². The third-order valence-corrected chi connectivity index (χ3v) is 5.87. The van der Waals surface area contributed by atoms with Crippen LogP contribution in [-0.4, -0.2) is 40.6 Å². The van der Waals surface area contributed by atoms with Crippen molar-refractivity contribution in [2.45, 2.75) is 12.1 Å². The van der Waals surface area contributed by atoms with Crippen LogP contribution in [-0.2, 0) is 4.79 Å². The fourth-order valence-electron chi connectivity index (χ4n) is 3.36. The molecule has 0 fully saturated rings. The van der Waals surface area contributed by atoms with E-state index in [4.69, 9.17) is 9.47 Å². The molecule has 168 valence electrons. The highest BCUT2D eigenvalue weighted by atomic mass is 32.2. The topological polar surface area (TPSA) is 78.3 Å². The first-order valence-corrected chi connectivity index (χ1v) is 11.3. The summed E-state index contributed by atoms with van der Waals surface area (Å²) in [6.45, 7) is 1.96. The van der Waals surface area contributed by atoms with Gasteiger partial charge in [-0.1, -0.05) is 48.2 Å². The quantitative estimate of drug-likeness (QED) is 0.373. The van der Waals surface area contributed by atoms with Crippen LogP contribution in [0.2, 0.25) is 0 Å². The number of thioether (sulfide) groups is 1. The Hall–Kier alpha value is -3.78. The Morgan fingerprint density at radius 3 is 2.55 bits per heavy atom. The fourth-order valence-corrected chi connectivity index (χ4v) is 4.11. The van der Waals surface area contributed by atoms with Gasteiger partial charge in [-0.2, -0.15) is 0 Å². The molecule has 0 aliphatic heterocycles. The molecule has 0 spiro atoms. The SMILES string of the molecule is COc1cccc(-c2nnc(SCC(=O)Nc3cc(C)ccc3OC)n2-c2ccccc2)c1. The molecule has 1 heterocycles. The molecule has 0 unspecified atom stereocenters. The van der Waals surface area contributed by atoms with E-state index in [1.807, 2.05) is 84.3 Å². The molecule has 0 radical (unpaired) electrons. The van der Waals surface area contributed by atoms with E-state index in [2.05, 4.69) is 15.5 Å². The monoisotopic (exact) mass is 460 g/mol. The number of nitrogens with zero attached hydrogens (tertiary/aromatic N) is 3. The van der Waals surface area contributed by atoms with Crippen molar-refractivity contribution in [1.82, 2.24) is 14.8 Å². The number of benzene rings is 3. The van der Waals surface area contributed by atoms with E-state index >= 15 is 0 Å². The van der Waals surface area contributed by atoms with Crippen molar-refractivity contribution >= 4 is 23.4 Å². The number of ether oxygens (including phenoxy) is 2. The van der Waals surface area contributed by atoms with Gasteiger partial charge in [0.05, 0.1) is 25.7 Å². The lowest BCUT2D eigenvalue weighted by atomic mass is 10.2. The van der Waals surface area contributed by atoms with E-state index in [-0.39, 0.29) is 11.7 Å². The first kappa shape index (κ1) is 22.4. The van der Waals surface area contributed by atoms with E-state index in [0.717, 1.165) is 22.6 Å². The number of aryl methyl sites for hydroxylation is 1. The van der Waals surface area contributed by atoms with Gasteiger partial charge >= 0.3 is 0 Å². The van der Waals surface area contributed by atoms with Gasteiger partial charge in [0.25, 0.3) is 0 Å². The molecule has 4 aromatic rings. The number of aromatic nitrogens is 3. The minimum atomic E-state index is -0.158. The van der Waals surface area contributed by atoms with Gasteiger partial charge in [-0.15, -0.1) is 10.2 Å². The van der Waals surface area contributed by atoms with Gasteiger partial charge in [-0.3, -0.25) is 9.36 Å². The molecular formula is C25H24N4O3S. The van der Waals surface area contributed by atoms with E-state index in [0.29, 0.717) is 22.4 Å². The molecule has 0 atom stereocenters. The molecule has 8 heteroatoms. The van der Waals surface area contributed by atoms with Crippen LogP contribution in [0.1, 0.15) is 5.56 Å². The molecule has 0 aliphatic rings. The molecule has 7 nitrogen and oxygen atoms in total. The molecule has 0 saturated heterocycles. The number of anilines is 1. The molecule has 0 aliphatic carbocycles. The van der Waals surface area contributed by atoms with Gasteiger partial charge < -0.3 is 14.8 Å². The third kappa shape index (κ3) is 5.18. The molecule has 3 aromatic carbocycles. The van der Waals surface area contributed by atoms with Crippen molar-refractivity contribution in [1.29, 1.82) is 0 Å². The molecule has 0 bridgehead atoms. The summed E-state index contributed by atoms with van der Waals surface area (Å²) in [6, 6.07) is 23.1. The highest BCUT2D eigenvalue weighted by Gasteiger charge is 2.18. The summed E-state index contributed by atoms with van der Waals surface area (Å²) in [7, 11) is 3.21. The summed E-state index contributed by atoms with van der Waals surface area (Å²) in [5.74, 6) is 2.03. The molecule has 1 amide bonds. The number of hydrogen-bond donors (Lipinski definition) is 1. The Bertz CT molecular complexity index is 1260. The lowest BCUT2D eigenvalue weighted by Crippen LogP contribution is -2.15. The zero-order chi connectivity index (χ0) is 23.2. The molecule has 33 heavy (non-hydrogen) atoms. The summed E-state index contributed by atoms with van der Waals surface area (Å²) in [6.07, 6.45) is 0. The number of carbonyl (C=O) groups excluding carboxylic acids is 1. The van der Waals surface area contributed by atoms with Crippen molar-refractivity contribution in [3.63, 3.8) is 0 Å². The summed E-state index contributed by atoms with van der Waals surface area (Å²) >= 11 is 1.32. The van der Waals surface area contributed by atoms with Crippen LogP contribution < -0.4 is 14.8 Å². The summed E-state index contributed by atoms with van der Waals surface area (Å²) in [5.41, 5.74) is 3.45.